The third-order valence-electron chi connectivity index (χ3n) is 1.99. The molecule has 0 saturated heterocycles. The van der Waals surface area contributed by atoms with Crippen LogP contribution in [0.25, 0.3) is 12.2 Å². The van der Waals surface area contributed by atoms with Gasteiger partial charge in [0.05, 0.1) is 5.69 Å². The molecular formula is C10H11NS. The normalized spacial score (nSPS) is 18.8. The molecule has 0 N–H and O–H groups in total. The van der Waals surface area contributed by atoms with Crippen molar-refractivity contribution in [3.05, 3.63) is 28.8 Å². The van der Waals surface area contributed by atoms with Crippen molar-refractivity contribution in [3.8, 4) is 0 Å². The highest BCUT2D eigenvalue weighted by Gasteiger charge is 2.13. The molecule has 0 bridgehead atoms. The lowest BCUT2D eigenvalue weighted by atomic mass is 9.93. The largest absolute Gasteiger partial charge is 0.193 e. The fourth-order valence-corrected chi connectivity index (χ4v) is 1.80. The van der Waals surface area contributed by atoms with E-state index in [0.29, 0.717) is 0 Å². The number of rotatable bonds is 0. The smallest absolute Gasteiger partial charge is 0.0837 e. The topological polar surface area (TPSA) is 12.9 Å². The molecule has 0 spiro atoms. The number of fused-ring (bicyclic) bond motifs is 1. The first kappa shape index (κ1) is 7.74. The predicted octanol–water partition coefficient (Wildman–Crippen LogP) is 3.21. The molecular weight excluding hydrogens is 166 g/mol. The van der Waals surface area contributed by atoms with Crippen LogP contribution in [0.5, 0.6) is 0 Å². The third-order valence-corrected chi connectivity index (χ3v) is 2.65. The first-order valence-electron chi connectivity index (χ1n) is 4.00. The van der Waals surface area contributed by atoms with Gasteiger partial charge in [-0.1, -0.05) is 32.1 Å². The molecule has 1 aromatic heterocycles. The van der Waals surface area contributed by atoms with Crippen LogP contribution in [0.3, 0.4) is 0 Å². The first-order chi connectivity index (χ1) is 5.67. The van der Waals surface area contributed by atoms with E-state index in [2.05, 4.69) is 47.9 Å². The Hall–Kier alpha value is -0.890. The van der Waals surface area contributed by atoms with Crippen LogP contribution < -0.4 is 0 Å². The van der Waals surface area contributed by atoms with Crippen molar-refractivity contribution in [2.24, 2.45) is 5.41 Å². The van der Waals surface area contributed by atoms with Gasteiger partial charge in [-0.25, -0.2) is 0 Å². The number of allylic oxidation sites excluding steroid dienone is 2. The standard InChI is InChI=1S/C10H11NS/c1-10(2)5-3-8-7-12-11-9(8)4-6-10/h3-7H,1-2H3. The molecule has 0 unspecified atom stereocenters. The van der Waals surface area contributed by atoms with E-state index in [9.17, 15) is 0 Å². The molecule has 2 heteroatoms. The molecule has 1 aromatic rings. The van der Waals surface area contributed by atoms with Crippen LogP contribution in [-0.2, 0) is 0 Å². The van der Waals surface area contributed by atoms with Crippen molar-refractivity contribution in [2.45, 2.75) is 13.8 Å². The highest BCUT2D eigenvalue weighted by atomic mass is 32.1. The zero-order chi connectivity index (χ0) is 8.60. The maximum atomic E-state index is 4.29. The average molecular weight is 177 g/mol. The van der Waals surface area contributed by atoms with Crippen molar-refractivity contribution in [1.29, 1.82) is 0 Å². The van der Waals surface area contributed by atoms with Gasteiger partial charge >= 0.3 is 0 Å². The van der Waals surface area contributed by atoms with Crippen LogP contribution >= 0.6 is 11.5 Å². The van der Waals surface area contributed by atoms with Gasteiger partial charge in [-0.3, -0.25) is 0 Å². The second-order valence-electron chi connectivity index (χ2n) is 3.64. The molecule has 0 radical (unpaired) electrons. The van der Waals surface area contributed by atoms with Crippen molar-refractivity contribution in [1.82, 2.24) is 4.37 Å². The van der Waals surface area contributed by atoms with Crippen molar-refractivity contribution in [3.63, 3.8) is 0 Å². The average Bonchev–Trinajstić information content (AvgIpc) is 2.40. The molecule has 12 heavy (non-hydrogen) atoms. The highest BCUT2D eigenvalue weighted by molar-refractivity contribution is 7.03. The van der Waals surface area contributed by atoms with E-state index in [1.54, 1.807) is 0 Å². The van der Waals surface area contributed by atoms with E-state index in [0.717, 1.165) is 5.69 Å². The van der Waals surface area contributed by atoms with Crippen molar-refractivity contribution in [2.75, 3.05) is 0 Å². The van der Waals surface area contributed by atoms with Crippen LogP contribution in [0.15, 0.2) is 17.5 Å². The molecule has 0 aliphatic heterocycles. The van der Waals surface area contributed by atoms with Gasteiger partial charge < -0.3 is 0 Å². The second kappa shape index (κ2) is 2.56. The maximum absolute atomic E-state index is 4.29. The van der Waals surface area contributed by atoms with Gasteiger partial charge in [0.1, 0.15) is 0 Å². The van der Waals surface area contributed by atoms with Gasteiger partial charge in [-0.05, 0) is 17.6 Å². The molecule has 62 valence electrons. The van der Waals surface area contributed by atoms with E-state index in [4.69, 9.17) is 0 Å². The monoisotopic (exact) mass is 177 g/mol. The molecule has 0 atom stereocenters. The Morgan fingerprint density at radius 3 is 2.83 bits per heavy atom. The van der Waals surface area contributed by atoms with E-state index in [1.807, 2.05) is 0 Å². The molecule has 1 heterocycles. The lowest BCUT2D eigenvalue weighted by Crippen LogP contribution is -2.00. The Bertz CT molecular complexity index is 314. The molecule has 1 aliphatic rings. The quantitative estimate of drug-likeness (QED) is 0.593. The Morgan fingerprint density at radius 2 is 2.00 bits per heavy atom. The molecule has 0 saturated carbocycles. The Labute approximate surface area is 76.6 Å². The zero-order valence-corrected chi connectivity index (χ0v) is 8.06. The van der Waals surface area contributed by atoms with Gasteiger partial charge in [0.25, 0.3) is 0 Å². The second-order valence-corrected chi connectivity index (χ2v) is 4.27. The summed E-state index contributed by atoms with van der Waals surface area (Å²) in [7, 11) is 0. The van der Waals surface area contributed by atoms with E-state index >= 15 is 0 Å². The molecule has 0 fully saturated rings. The van der Waals surface area contributed by atoms with E-state index in [1.165, 1.54) is 17.1 Å². The van der Waals surface area contributed by atoms with Gasteiger partial charge in [-0.15, -0.1) is 0 Å². The van der Waals surface area contributed by atoms with Crippen molar-refractivity contribution < 1.29 is 0 Å². The zero-order valence-electron chi connectivity index (χ0n) is 7.24. The highest BCUT2D eigenvalue weighted by Crippen LogP contribution is 2.27. The summed E-state index contributed by atoms with van der Waals surface area (Å²) in [4.78, 5) is 0. The van der Waals surface area contributed by atoms with Crippen LogP contribution in [0.2, 0.25) is 0 Å². The summed E-state index contributed by atoms with van der Waals surface area (Å²) in [5, 5.41) is 2.08. The lowest BCUT2D eigenvalue weighted by molar-refractivity contribution is 0.633. The number of hydrogen-bond donors (Lipinski definition) is 0. The third kappa shape index (κ3) is 1.34. The molecule has 2 rings (SSSR count). The minimum Gasteiger partial charge on any atom is -0.193 e. The minimum absolute atomic E-state index is 0.165. The predicted molar refractivity (Wildman–Crippen MR) is 54.0 cm³/mol. The Balaban J connectivity index is 2.49. The SMILES string of the molecule is CC1(C)C=Cc2csnc2C=C1. The minimum atomic E-state index is 0.165. The van der Waals surface area contributed by atoms with Crippen LogP contribution in [0.4, 0.5) is 0 Å². The van der Waals surface area contributed by atoms with Gasteiger partial charge in [0, 0.05) is 16.4 Å². The van der Waals surface area contributed by atoms with E-state index < -0.39 is 0 Å². The van der Waals surface area contributed by atoms with Crippen molar-refractivity contribution >= 4 is 23.7 Å². The van der Waals surface area contributed by atoms with Crippen LogP contribution in [0, 0.1) is 5.41 Å². The Morgan fingerprint density at radius 1 is 1.25 bits per heavy atom. The van der Waals surface area contributed by atoms with Crippen LogP contribution in [0.1, 0.15) is 25.1 Å². The lowest BCUT2D eigenvalue weighted by Gasteiger charge is -2.11. The molecule has 0 amide bonds. The van der Waals surface area contributed by atoms with E-state index in [-0.39, 0.29) is 5.41 Å². The Kier molecular flexibility index (Phi) is 1.65. The number of nitrogens with zero attached hydrogens (tertiary/aromatic N) is 1. The van der Waals surface area contributed by atoms with Gasteiger partial charge in [0.15, 0.2) is 0 Å². The summed E-state index contributed by atoms with van der Waals surface area (Å²) in [6.45, 7) is 4.38. The fourth-order valence-electron chi connectivity index (χ4n) is 1.16. The summed E-state index contributed by atoms with van der Waals surface area (Å²) in [5.74, 6) is 0. The van der Waals surface area contributed by atoms with Gasteiger partial charge in [-0.2, -0.15) is 4.37 Å². The number of aromatic nitrogens is 1. The first-order valence-corrected chi connectivity index (χ1v) is 4.84. The summed E-state index contributed by atoms with van der Waals surface area (Å²) in [6.07, 6.45) is 8.66. The summed E-state index contributed by atoms with van der Waals surface area (Å²) >= 11 is 1.51. The summed E-state index contributed by atoms with van der Waals surface area (Å²) < 4.78 is 4.29. The fraction of sp³-hybridized carbons (Fsp3) is 0.300. The summed E-state index contributed by atoms with van der Waals surface area (Å²) in [6, 6.07) is 0. The number of hydrogen-bond acceptors (Lipinski definition) is 2. The molecule has 0 aromatic carbocycles. The molecule has 1 nitrogen and oxygen atoms in total. The maximum Gasteiger partial charge on any atom is 0.0837 e. The summed E-state index contributed by atoms with van der Waals surface area (Å²) in [5.41, 5.74) is 2.50. The van der Waals surface area contributed by atoms with Crippen LogP contribution in [-0.4, -0.2) is 4.37 Å². The molecule has 1 aliphatic carbocycles. The van der Waals surface area contributed by atoms with Gasteiger partial charge in [0.2, 0.25) is 0 Å².